The highest BCUT2D eigenvalue weighted by Crippen LogP contribution is 2.20. The van der Waals surface area contributed by atoms with Gasteiger partial charge in [-0.1, -0.05) is 42.1 Å². The van der Waals surface area contributed by atoms with Crippen molar-refractivity contribution in [3.63, 3.8) is 0 Å². The zero-order chi connectivity index (χ0) is 25.6. The SMILES string of the molecule is C=C/C=C\C=C(/C)COc1ccc(/C(=N/OCC(=O)O)c2ccc(OCc3ccccn3)cc2)cc1. The lowest BCUT2D eigenvalue weighted by Crippen LogP contribution is -2.09. The number of benzene rings is 2. The number of allylic oxidation sites excluding steroid dienone is 4. The lowest BCUT2D eigenvalue weighted by atomic mass is 10.0. The van der Waals surface area contributed by atoms with Crippen LogP contribution in [0.4, 0.5) is 0 Å². The van der Waals surface area contributed by atoms with E-state index in [1.165, 1.54) is 0 Å². The number of nitrogens with zero attached hydrogens (tertiary/aromatic N) is 2. The highest BCUT2D eigenvalue weighted by molar-refractivity contribution is 6.12. The highest BCUT2D eigenvalue weighted by atomic mass is 16.6. The predicted octanol–water partition coefficient (Wildman–Crippen LogP) is 5.58. The lowest BCUT2D eigenvalue weighted by molar-refractivity contribution is -0.142. The van der Waals surface area contributed by atoms with E-state index in [1.807, 2.05) is 91.9 Å². The zero-order valence-corrected chi connectivity index (χ0v) is 20.0. The quantitative estimate of drug-likeness (QED) is 0.193. The average molecular weight is 485 g/mol. The maximum Gasteiger partial charge on any atom is 0.344 e. The van der Waals surface area contributed by atoms with Crippen LogP contribution in [0.15, 0.2) is 115 Å². The second-order valence-electron chi connectivity index (χ2n) is 7.69. The fourth-order valence-corrected chi connectivity index (χ4v) is 3.03. The molecule has 0 bridgehead atoms. The molecule has 0 aliphatic heterocycles. The van der Waals surface area contributed by atoms with Crippen LogP contribution in [0.5, 0.6) is 11.5 Å². The highest BCUT2D eigenvalue weighted by Gasteiger charge is 2.10. The van der Waals surface area contributed by atoms with Crippen molar-refractivity contribution in [3.8, 4) is 11.5 Å². The summed E-state index contributed by atoms with van der Waals surface area (Å²) in [7, 11) is 0. The van der Waals surface area contributed by atoms with Crippen molar-refractivity contribution >= 4 is 11.7 Å². The molecule has 0 radical (unpaired) electrons. The number of hydrogen-bond acceptors (Lipinski definition) is 6. The van der Waals surface area contributed by atoms with E-state index in [0.717, 1.165) is 22.4 Å². The summed E-state index contributed by atoms with van der Waals surface area (Å²) in [6, 6.07) is 20.3. The predicted molar refractivity (Wildman–Crippen MR) is 139 cm³/mol. The van der Waals surface area contributed by atoms with Gasteiger partial charge >= 0.3 is 5.97 Å². The molecule has 0 unspecified atom stereocenters. The van der Waals surface area contributed by atoms with Gasteiger partial charge in [-0.3, -0.25) is 4.98 Å². The van der Waals surface area contributed by atoms with Crippen molar-refractivity contribution in [2.24, 2.45) is 5.16 Å². The van der Waals surface area contributed by atoms with Gasteiger partial charge in [0.1, 0.15) is 30.4 Å². The third kappa shape index (κ3) is 8.61. The monoisotopic (exact) mass is 484 g/mol. The number of aromatic nitrogens is 1. The molecule has 0 aliphatic carbocycles. The average Bonchev–Trinajstić information content (AvgIpc) is 2.90. The second kappa shape index (κ2) is 13.9. The molecule has 0 atom stereocenters. The lowest BCUT2D eigenvalue weighted by Gasteiger charge is -2.11. The first-order valence-corrected chi connectivity index (χ1v) is 11.3. The standard InChI is InChI=1S/C29H28N2O5/c1-3-4-5-8-22(2)19-34-26-14-10-23(11-15-26)29(31-36-21-28(32)33)24-12-16-27(17-13-24)35-20-25-9-6-7-18-30-25/h3-18H,1,19-21H2,2H3,(H,32,33)/b5-4-,22-8+,31-29-. The van der Waals surface area contributed by atoms with E-state index in [1.54, 1.807) is 12.3 Å². The van der Waals surface area contributed by atoms with Crippen LogP contribution in [0.25, 0.3) is 0 Å². The number of carbonyl (C=O) groups is 1. The minimum atomic E-state index is -1.11. The molecule has 3 rings (SSSR count). The van der Waals surface area contributed by atoms with Gasteiger partial charge in [-0.25, -0.2) is 4.79 Å². The number of oxime groups is 1. The molecule has 3 aromatic rings. The summed E-state index contributed by atoms with van der Waals surface area (Å²) in [6.45, 7) is 5.88. The molecule has 2 aromatic carbocycles. The van der Waals surface area contributed by atoms with Gasteiger partial charge in [0.2, 0.25) is 6.61 Å². The summed E-state index contributed by atoms with van der Waals surface area (Å²) in [5.74, 6) is 0.264. The first-order valence-electron chi connectivity index (χ1n) is 11.3. The first-order chi connectivity index (χ1) is 17.5. The van der Waals surface area contributed by atoms with E-state index < -0.39 is 12.6 Å². The summed E-state index contributed by atoms with van der Waals surface area (Å²) in [6.07, 6.45) is 9.15. The Kier molecular flexibility index (Phi) is 10.0. The third-order valence-corrected chi connectivity index (χ3v) is 4.81. The molecule has 36 heavy (non-hydrogen) atoms. The molecule has 7 nitrogen and oxygen atoms in total. The van der Waals surface area contributed by atoms with Crippen molar-refractivity contribution < 1.29 is 24.2 Å². The van der Waals surface area contributed by atoms with Gasteiger partial charge in [0.05, 0.1) is 5.69 Å². The van der Waals surface area contributed by atoms with Gasteiger partial charge in [0.15, 0.2) is 0 Å². The Labute approximate surface area is 210 Å². The van der Waals surface area contributed by atoms with Gasteiger partial charge in [-0.05, 0) is 73.2 Å². The molecule has 184 valence electrons. The maximum atomic E-state index is 10.9. The van der Waals surface area contributed by atoms with E-state index >= 15 is 0 Å². The second-order valence-corrected chi connectivity index (χ2v) is 7.69. The molecule has 1 N–H and O–H groups in total. The van der Waals surface area contributed by atoms with Crippen molar-refractivity contribution in [2.75, 3.05) is 13.2 Å². The van der Waals surface area contributed by atoms with Crippen molar-refractivity contribution in [2.45, 2.75) is 13.5 Å². The van der Waals surface area contributed by atoms with Crippen LogP contribution < -0.4 is 9.47 Å². The van der Waals surface area contributed by atoms with E-state index in [-0.39, 0.29) is 0 Å². The van der Waals surface area contributed by atoms with Gasteiger partial charge in [0, 0.05) is 17.3 Å². The number of aliphatic carboxylic acids is 1. The molecule has 1 heterocycles. The van der Waals surface area contributed by atoms with Crippen LogP contribution in [0.1, 0.15) is 23.7 Å². The summed E-state index contributed by atoms with van der Waals surface area (Å²) < 4.78 is 11.6. The van der Waals surface area contributed by atoms with Crippen LogP contribution in [0.3, 0.4) is 0 Å². The first kappa shape index (κ1) is 26.0. The van der Waals surface area contributed by atoms with Crippen LogP contribution in [-0.4, -0.2) is 35.0 Å². The van der Waals surface area contributed by atoms with E-state index in [2.05, 4.69) is 16.7 Å². The third-order valence-electron chi connectivity index (χ3n) is 4.81. The Balaban J connectivity index is 1.71. The fourth-order valence-electron chi connectivity index (χ4n) is 3.03. The van der Waals surface area contributed by atoms with Gasteiger partial charge in [0.25, 0.3) is 0 Å². The molecular formula is C29H28N2O5. The molecular weight excluding hydrogens is 456 g/mol. The van der Waals surface area contributed by atoms with Crippen LogP contribution in [-0.2, 0) is 16.2 Å². The molecule has 7 heteroatoms. The number of carboxylic acids is 1. The molecule has 0 spiro atoms. The largest absolute Gasteiger partial charge is 0.489 e. The summed E-state index contributed by atoms with van der Waals surface area (Å²) in [4.78, 5) is 20.2. The van der Waals surface area contributed by atoms with E-state index in [9.17, 15) is 4.79 Å². The fraction of sp³-hybridized carbons (Fsp3) is 0.138. The maximum absolute atomic E-state index is 10.9. The Morgan fingerprint density at radius 2 is 1.61 bits per heavy atom. The van der Waals surface area contributed by atoms with E-state index in [0.29, 0.717) is 30.4 Å². The summed E-state index contributed by atoms with van der Waals surface area (Å²) in [5, 5.41) is 13.0. The van der Waals surface area contributed by atoms with Crippen LogP contribution >= 0.6 is 0 Å². The van der Waals surface area contributed by atoms with Crippen LogP contribution in [0.2, 0.25) is 0 Å². The Morgan fingerprint density at radius 3 is 2.19 bits per heavy atom. The van der Waals surface area contributed by atoms with E-state index in [4.69, 9.17) is 19.4 Å². The number of ether oxygens (including phenoxy) is 2. The Morgan fingerprint density at radius 1 is 0.944 bits per heavy atom. The molecule has 0 amide bonds. The molecule has 0 fully saturated rings. The van der Waals surface area contributed by atoms with Crippen molar-refractivity contribution in [1.82, 2.24) is 4.98 Å². The number of rotatable bonds is 13. The minimum Gasteiger partial charge on any atom is -0.489 e. The summed E-state index contributed by atoms with van der Waals surface area (Å²) >= 11 is 0. The van der Waals surface area contributed by atoms with Crippen molar-refractivity contribution in [1.29, 1.82) is 0 Å². The molecule has 1 aromatic heterocycles. The minimum absolute atomic E-state index is 0.351. The smallest absolute Gasteiger partial charge is 0.344 e. The number of carboxylic acid groups (broad SMARTS) is 1. The zero-order valence-electron chi connectivity index (χ0n) is 20.0. The van der Waals surface area contributed by atoms with Crippen LogP contribution in [0, 0.1) is 0 Å². The number of hydrogen-bond donors (Lipinski definition) is 1. The Hall–Kier alpha value is -4.65. The van der Waals surface area contributed by atoms with Gasteiger partial charge in [-0.2, -0.15) is 0 Å². The Bertz CT molecular complexity index is 1210. The molecule has 0 saturated carbocycles. The molecule has 0 aliphatic rings. The van der Waals surface area contributed by atoms with Gasteiger partial charge < -0.3 is 19.4 Å². The number of pyridine rings is 1. The van der Waals surface area contributed by atoms with Gasteiger partial charge in [-0.15, -0.1) is 0 Å². The topological polar surface area (TPSA) is 90.2 Å². The summed E-state index contributed by atoms with van der Waals surface area (Å²) in [5.41, 5.74) is 3.87. The van der Waals surface area contributed by atoms with Crippen molar-refractivity contribution in [3.05, 3.63) is 126 Å². The molecule has 0 saturated heterocycles. The normalized spacial score (nSPS) is 11.8.